The topological polar surface area (TPSA) is 64.4 Å². The van der Waals surface area contributed by atoms with Gasteiger partial charge in [0.05, 0.1) is 17.7 Å². The van der Waals surface area contributed by atoms with Crippen LogP contribution in [0.3, 0.4) is 0 Å². The number of carbonyl (C=O) groups excluding carboxylic acids is 1. The number of pyridine rings is 2. The second-order valence-corrected chi connectivity index (χ2v) is 6.05. The highest BCUT2D eigenvalue weighted by Crippen LogP contribution is 2.19. The predicted octanol–water partition coefficient (Wildman–Crippen LogP) is 2.22. The summed E-state index contributed by atoms with van der Waals surface area (Å²) in [5.41, 5.74) is 1.85. The van der Waals surface area contributed by atoms with Gasteiger partial charge in [-0.2, -0.15) is 0 Å². The molecule has 3 rings (SSSR count). The number of carbonyl (C=O) groups is 1. The minimum absolute atomic E-state index is 0.195. The third kappa shape index (κ3) is 3.65. The number of hydrogen-bond acceptors (Lipinski definition) is 4. The highest BCUT2D eigenvalue weighted by Gasteiger charge is 2.20. The van der Waals surface area contributed by atoms with Crippen molar-refractivity contribution in [3.8, 4) is 0 Å². The van der Waals surface area contributed by atoms with Crippen molar-refractivity contribution in [2.24, 2.45) is 7.05 Å². The monoisotopic (exact) mass is 351 g/mol. The Balaban J connectivity index is 2.02. The summed E-state index contributed by atoms with van der Waals surface area (Å²) < 4.78 is 6.70. The molecule has 0 spiro atoms. The number of benzene rings is 1. The van der Waals surface area contributed by atoms with Crippen LogP contribution in [0.1, 0.15) is 15.9 Å². The van der Waals surface area contributed by atoms with E-state index >= 15 is 0 Å². The first-order chi connectivity index (χ1) is 12.6. The lowest BCUT2D eigenvalue weighted by atomic mass is 10.1. The normalized spacial score (nSPS) is 10.8. The summed E-state index contributed by atoms with van der Waals surface area (Å²) in [6.07, 6.45) is 3.43. The molecular weight excluding hydrogens is 330 g/mol. The molecule has 0 fully saturated rings. The van der Waals surface area contributed by atoms with Crippen molar-refractivity contribution in [1.29, 1.82) is 0 Å². The summed E-state index contributed by atoms with van der Waals surface area (Å²) in [4.78, 5) is 31.3. The van der Waals surface area contributed by atoms with Gasteiger partial charge >= 0.3 is 0 Å². The smallest absolute Gasteiger partial charge is 0.255 e. The van der Waals surface area contributed by atoms with E-state index in [0.717, 1.165) is 16.5 Å². The van der Waals surface area contributed by atoms with Gasteiger partial charge in [-0.15, -0.1) is 0 Å². The number of methoxy groups -OCH3 is 1. The molecule has 0 aliphatic heterocycles. The maximum Gasteiger partial charge on any atom is 0.255 e. The molecule has 26 heavy (non-hydrogen) atoms. The summed E-state index contributed by atoms with van der Waals surface area (Å²) in [6, 6.07) is 12.6. The third-order valence-corrected chi connectivity index (χ3v) is 4.33. The summed E-state index contributed by atoms with van der Waals surface area (Å²) in [5, 5.41) is 0.758. The molecule has 2 aromatic heterocycles. The van der Waals surface area contributed by atoms with Crippen molar-refractivity contribution in [3.05, 3.63) is 76.3 Å². The Morgan fingerprint density at radius 1 is 1.23 bits per heavy atom. The van der Waals surface area contributed by atoms with Gasteiger partial charge in [0.25, 0.3) is 11.5 Å². The van der Waals surface area contributed by atoms with Gasteiger partial charge in [0.2, 0.25) is 0 Å². The molecule has 1 aromatic carbocycles. The van der Waals surface area contributed by atoms with E-state index in [9.17, 15) is 9.59 Å². The first kappa shape index (κ1) is 17.8. The minimum Gasteiger partial charge on any atom is -0.383 e. The number of fused-ring (bicyclic) bond motifs is 1. The second-order valence-electron chi connectivity index (χ2n) is 6.05. The van der Waals surface area contributed by atoms with E-state index in [0.29, 0.717) is 25.3 Å². The summed E-state index contributed by atoms with van der Waals surface area (Å²) in [5.74, 6) is -0.195. The van der Waals surface area contributed by atoms with Crippen LogP contribution in [0.15, 0.2) is 59.7 Å². The Morgan fingerprint density at radius 3 is 2.77 bits per heavy atom. The fourth-order valence-electron chi connectivity index (χ4n) is 2.92. The molecule has 0 unspecified atom stereocenters. The van der Waals surface area contributed by atoms with Crippen LogP contribution in [-0.2, 0) is 18.3 Å². The van der Waals surface area contributed by atoms with Crippen LogP contribution in [0.2, 0.25) is 0 Å². The lowest BCUT2D eigenvalue weighted by Gasteiger charge is -2.23. The van der Waals surface area contributed by atoms with Crippen LogP contribution in [0.25, 0.3) is 10.9 Å². The Bertz CT molecular complexity index is 967. The summed E-state index contributed by atoms with van der Waals surface area (Å²) in [6.45, 7) is 1.24. The van der Waals surface area contributed by atoms with E-state index in [1.54, 1.807) is 36.0 Å². The molecule has 6 heteroatoms. The highest BCUT2D eigenvalue weighted by atomic mass is 16.5. The summed E-state index contributed by atoms with van der Waals surface area (Å²) >= 11 is 0. The lowest BCUT2D eigenvalue weighted by molar-refractivity contribution is 0.0682. The van der Waals surface area contributed by atoms with E-state index in [1.807, 2.05) is 36.4 Å². The van der Waals surface area contributed by atoms with Gasteiger partial charge < -0.3 is 14.2 Å². The number of aromatic nitrogens is 2. The SMILES string of the molecule is COCCN(Cc1cccnc1)C(=O)c1cc(=O)n(C)c2ccccc12. The standard InChI is InChI=1S/C20H21N3O3/c1-22-18-8-4-3-7-16(18)17(12-19(22)24)20(25)23(10-11-26-2)14-15-6-5-9-21-13-15/h3-9,12-13H,10-11,14H2,1-2H3. The van der Waals surface area contributed by atoms with Gasteiger partial charge in [0.15, 0.2) is 0 Å². The van der Waals surface area contributed by atoms with Crippen molar-refractivity contribution in [2.45, 2.75) is 6.54 Å². The van der Waals surface area contributed by atoms with Gasteiger partial charge in [0, 0.05) is 51.1 Å². The molecule has 0 radical (unpaired) electrons. The van der Waals surface area contributed by atoms with E-state index in [4.69, 9.17) is 4.74 Å². The van der Waals surface area contributed by atoms with Crippen LogP contribution in [0.4, 0.5) is 0 Å². The average molecular weight is 351 g/mol. The largest absolute Gasteiger partial charge is 0.383 e. The van der Waals surface area contributed by atoms with Gasteiger partial charge in [-0.25, -0.2) is 0 Å². The molecule has 0 aliphatic rings. The number of ether oxygens (including phenoxy) is 1. The molecule has 0 bridgehead atoms. The van der Waals surface area contributed by atoms with Crippen LogP contribution in [0, 0.1) is 0 Å². The molecule has 1 amide bonds. The average Bonchev–Trinajstić information content (AvgIpc) is 2.68. The first-order valence-electron chi connectivity index (χ1n) is 8.37. The molecule has 134 valence electrons. The molecular formula is C20H21N3O3. The molecule has 0 atom stereocenters. The summed E-state index contributed by atoms with van der Waals surface area (Å²) in [7, 11) is 3.30. The van der Waals surface area contributed by atoms with E-state index in [2.05, 4.69) is 4.98 Å². The Kier molecular flexibility index (Phi) is 5.43. The maximum absolute atomic E-state index is 13.2. The van der Waals surface area contributed by atoms with Crippen LogP contribution in [-0.4, -0.2) is 40.6 Å². The molecule has 0 aliphatic carbocycles. The zero-order valence-corrected chi connectivity index (χ0v) is 14.9. The Labute approximate surface area is 151 Å². The van der Waals surface area contributed by atoms with E-state index in [1.165, 1.54) is 6.07 Å². The number of rotatable bonds is 6. The fourth-order valence-corrected chi connectivity index (χ4v) is 2.92. The second kappa shape index (κ2) is 7.93. The first-order valence-corrected chi connectivity index (χ1v) is 8.37. The fraction of sp³-hybridized carbons (Fsp3) is 0.250. The number of para-hydroxylation sites is 1. The molecule has 3 aromatic rings. The zero-order valence-electron chi connectivity index (χ0n) is 14.9. The predicted molar refractivity (Wildman–Crippen MR) is 100 cm³/mol. The molecule has 2 heterocycles. The van der Waals surface area contributed by atoms with Crippen molar-refractivity contribution in [3.63, 3.8) is 0 Å². The van der Waals surface area contributed by atoms with Crippen molar-refractivity contribution in [2.75, 3.05) is 20.3 Å². The Morgan fingerprint density at radius 2 is 2.04 bits per heavy atom. The third-order valence-electron chi connectivity index (χ3n) is 4.33. The van der Waals surface area contributed by atoms with Crippen molar-refractivity contribution in [1.82, 2.24) is 14.5 Å². The molecule has 6 nitrogen and oxygen atoms in total. The van der Waals surface area contributed by atoms with Gasteiger partial charge in [-0.05, 0) is 17.7 Å². The van der Waals surface area contributed by atoms with Gasteiger partial charge in [-0.1, -0.05) is 24.3 Å². The van der Waals surface area contributed by atoms with E-state index in [-0.39, 0.29) is 11.5 Å². The van der Waals surface area contributed by atoms with Crippen molar-refractivity contribution < 1.29 is 9.53 Å². The van der Waals surface area contributed by atoms with Crippen LogP contribution < -0.4 is 5.56 Å². The highest BCUT2D eigenvalue weighted by molar-refractivity contribution is 6.06. The van der Waals surface area contributed by atoms with Crippen molar-refractivity contribution >= 4 is 16.8 Å². The quantitative estimate of drug-likeness (QED) is 0.683. The van der Waals surface area contributed by atoms with Crippen LogP contribution >= 0.6 is 0 Å². The minimum atomic E-state index is -0.208. The maximum atomic E-state index is 13.2. The number of hydrogen-bond donors (Lipinski definition) is 0. The van der Waals surface area contributed by atoms with Crippen LogP contribution in [0.5, 0.6) is 0 Å². The number of nitrogens with zero attached hydrogens (tertiary/aromatic N) is 3. The number of amides is 1. The number of aryl methyl sites for hydroxylation is 1. The lowest BCUT2D eigenvalue weighted by Crippen LogP contribution is -2.34. The zero-order chi connectivity index (χ0) is 18.5. The van der Waals surface area contributed by atoms with Gasteiger partial charge in [0.1, 0.15) is 0 Å². The molecule has 0 N–H and O–H groups in total. The molecule has 0 saturated carbocycles. The van der Waals surface area contributed by atoms with E-state index < -0.39 is 0 Å². The molecule has 0 saturated heterocycles. The van der Waals surface area contributed by atoms with Gasteiger partial charge in [-0.3, -0.25) is 14.6 Å². The Hall–Kier alpha value is -2.99.